The zero-order chi connectivity index (χ0) is 11.0. The SMILES string of the molecule is Cc1cc(C)c2c(N)c(C#N)nnc2c1. The van der Waals surface area contributed by atoms with E-state index >= 15 is 0 Å². The number of rotatable bonds is 0. The Morgan fingerprint density at radius 1 is 1.27 bits per heavy atom. The molecule has 0 bridgehead atoms. The molecular weight excluding hydrogens is 188 g/mol. The highest BCUT2D eigenvalue weighted by atomic mass is 15.1. The van der Waals surface area contributed by atoms with Crippen molar-refractivity contribution >= 4 is 16.6 Å². The van der Waals surface area contributed by atoms with E-state index in [2.05, 4.69) is 10.2 Å². The second-order valence-electron chi connectivity index (χ2n) is 3.55. The molecule has 0 atom stereocenters. The third-order valence-electron chi connectivity index (χ3n) is 2.35. The minimum Gasteiger partial charge on any atom is -0.396 e. The standard InChI is InChI=1S/C11H10N4/c1-6-3-7(2)10-8(4-6)14-15-9(5-12)11(10)13/h3-4H,1-2H3,(H2,13,14). The molecule has 1 aromatic carbocycles. The van der Waals surface area contributed by atoms with Crippen molar-refractivity contribution in [1.29, 1.82) is 5.26 Å². The lowest BCUT2D eigenvalue weighted by atomic mass is 10.0. The van der Waals surface area contributed by atoms with E-state index in [4.69, 9.17) is 11.0 Å². The molecule has 0 radical (unpaired) electrons. The van der Waals surface area contributed by atoms with Crippen LogP contribution in [0.2, 0.25) is 0 Å². The number of hydrogen-bond donors (Lipinski definition) is 1. The maximum absolute atomic E-state index is 8.79. The fraction of sp³-hybridized carbons (Fsp3) is 0.182. The monoisotopic (exact) mass is 198 g/mol. The summed E-state index contributed by atoms with van der Waals surface area (Å²) in [6.45, 7) is 3.94. The lowest BCUT2D eigenvalue weighted by molar-refractivity contribution is 1.05. The molecule has 15 heavy (non-hydrogen) atoms. The Labute approximate surface area is 87.3 Å². The van der Waals surface area contributed by atoms with Gasteiger partial charge in [-0.1, -0.05) is 6.07 Å². The number of nitrogen functional groups attached to an aromatic ring is 1. The first-order valence-electron chi connectivity index (χ1n) is 4.56. The van der Waals surface area contributed by atoms with E-state index < -0.39 is 0 Å². The summed E-state index contributed by atoms with van der Waals surface area (Å²) in [7, 11) is 0. The van der Waals surface area contributed by atoms with Crippen molar-refractivity contribution in [1.82, 2.24) is 10.2 Å². The molecular formula is C11H10N4. The smallest absolute Gasteiger partial charge is 0.186 e. The molecule has 4 nitrogen and oxygen atoms in total. The van der Waals surface area contributed by atoms with Crippen LogP contribution in [-0.2, 0) is 0 Å². The van der Waals surface area contributed by atoms with Crippen LogP contribution in [0, 0.1) is 25.2 Å². The van der Waals surface area contributed by atoms with Crippen LogP contribution in [0.5, 0.6) is 0 Å². The molecule has 0 aliphatic heterocycles. The van der Waals surface area contributed by atoms with Gasteiger partial charge < -0.3 is 5.73 Å². The number of hydrogen-bond acceptors (Lipinski definition) is 4. The van der Waals surface area contributed by atoms with Crippen molar-refractivity contribution in [3.63, 3.8) is 0 Å². The number of anilines is 1. The van der Waals surface area contributed by atoms with Crippen molar-refractivity contribution in [3.8, 4) is 6.07 Å². The van der Waals surface area contributed by atoms with Crippen molar-refractivity contribution in [3.05, 3.63) is 29.0 Å². The lowest BCUT2D eigenvalue weighted by Crippen LogP contribution is -2.00. The predicted octanol–water partition coefficient (Wildman–Crippen LogP) is 1.70. The minimum absolute atomic E-state index is 0.189. The minimum atomic E-state index is 0.189. The van der Waals surface area contributed by atoms with E-state index in [1.165, 1.54) is 0 Å². The largest absolute Gasteiger partial charge is 0.396 e. The zero-order valence-electron chi connectivity index (χ0n) is 8.57. The second kappa shape index (κ2) is 3.21. The van der Waals surface area contributed by atoms with Crippen LogP contribution < -0.4 is 5.73 Å². The van der Waals surface area contributed by atoms with Gasteiger partial charge in [0.1, 0.15) is 6.07 Å². The summed E-state index contributed by atoms with van der Waals surface area (Å²) in [5.41, 5.74) is 9.33. The summed E-state index contributed by atoms with van der Waals surface area (Å²) in [4.78, 5) is 0. The summed E-state index contributed by atoms with van der Waals surface area (Å²) < 4.78 is 0. The van der Waals surface area contributed by atoms with Gasteiger partial charge in [0.2, 0.25) is 0 Å². The molecule has 0 fully saturated rings. The first-order valence-corrected chi connectivity index (χ1v) is 4.56. The van der Waals surface area contributed by atoms with Crippen LogP contribution >= 0.6 is 0 Å². The maximum atomic E-state index is 8.79. The second-order valence-corrected chi connectivity index (χ2v) is 3.55. The number of nitrogens with two attached hydrogens (primary N) is 1. The Bertz CT molecular complexity index is 581. The maximum Gasteiger partial charge on any atom is 0.186 e. The molecule has 0 aliphatic rings. The van der Waals surface area contributed by atoms with Gasteiger partial charge in [-0.05, 0) is 31.0 Å². The topological polar surface area (TPSA) is 75.6 Å². The number of aryl methyl sites for hydroxylation is 2. The molecule has 0 aliphatic carbocycles. The Balaban J connectivity index is 2.94. The van der Waals surface area contributed by atoms with Crippen LogP contribution in [0.15, 0.2) is 12.1 Å². The molecule has 1 heterocycles. The van der Waals surface area contributed by atoms with E-state index in [9.17, 15) is 0 Å². The number of fused-ring (bicyclic) bond motifs is 1. The van der Waals surface area contributed by atoms with Crippen molar-refractivity contribution in [2.45, 2.75) is 13.8 Å². The summed E-state index contributed by atoms with van der Waals surface area (Å²) in [6, 6.07) is 5.86. The molecule has 2 N–H and O–H groups in total. The highest BCUT2D eigenvalue weighted by molar-refractivity contribution is 5.94. The molecule has 0 amide bonds. The highest BCUT2D eigenvalue weighted by Gasteiger charge is 2.09. The van der Waals surface area contributed by atoms with Crippen molar-refractivity contribution < 1.29 is 0 Å². The van der Waals surface area contributed by atoms with E-state index in [1.54, 1.807) is 0 Å². The molecule has 0 unspecified atom stereocenters. The van der Waals surface area contributed by atoms with Crippen LogP contribution in [0.4, 0.5) is 5.69 Å². The lowest BCUT2D eigenvalue weighted by Gasteiger charge is -2.06. The number of nitriles is 1. The van der Waals surface area contributed by atoms with Crippen molar-refractivity contribution in [2.24, 2.45) is 0 Å². The molecule has 4 heteroatoms. The predicted molar refractivity (Wildman–Crippen MR) is 58.1 cm³/mol. The summed E-state index contributed by atoms with van der Waals surface area (Å²) in [5, 5.41) is 17.4. The fourth-order valence-electron chi connectivity index (χ4n) is 1.73. The summed E-state index contributed by atoms with van der Waals surface area (Å²) in [5.74, 6) is 0. The average molecular weight is 198 g/mol. The van der Waals surface area contributed by atoms with Crippen LogP contribution in [0.3, 0.4) is 0 Å². The van der Waals surface area contributed by atoms with Gasteiger partial charge in [-0.3, -0.25) is 0 Å². The van der Waals surface area contributed by atoms with E-state index in [0.29, 0.717) is 5.69 Å². The number of nitrogens with zero attached hydrogens (tertiary/aromatic N) is 3. The van der Waals surface area contributed by atoms with E-state index in [0.717, 1.165) is 22.0 Å². The van der Waals surface area contributed by atoms with Gasteiger partial charge in [-0.25, -0.2) is 0 Å². The third kappa shape index (κ3) is 1.38. The number of benzene rings is 1. The van der Waals surface area contributed by atoms with Gasteiger partial charge in [-0.2, -0.15) is 5.26 Å². The molecule has 1 aromatic heterocycles. The van der Waals surface area contributed by atoms with E-state index in [1.807, 2.05) is 32.0 Å². The fourth-order valence-corrected chi connectivity index (χ4v) is 1.73. The van der Waals surface area contributed by atoms with Gasteiger partial charge in [0.25, 0.3) is 0 Å². The van der Waals surface area contributed by atoms with Gasteiger partial charge in [0.05, 0.1) is 11.2 Å². The Hall–Kier alpha value is -2.15. The highest BCUT2D eigenvalue weighted by Crippen LogP contribution is 2.25. The third-order valence-corrected chi connectivity index (χ3v) is 2.35. The first-order chi connectivity index (χ1) is 7.13. The van der Waals surface area contributed by atoms with Gasteiger partial charge in [0.15, 0.2) is 5.69 Å². The first kappa shape index (κ1) is 9.41. The summed E-state index contributed by atoms with van der Waals surface area (Å²) >= 11 is 0. The number of aromatic nitrogens is 2. The Morgan fingerprint density at radius 2 is 2.00 bits per heavy atom. The molecule has 74 valence electrons. The quantitative estimate of drug-likeness (QED) is 0.699. The van der Waals surface area contributed by atoms with Crippen LogP contribution in [-0.4, -0.2) is 10.2 Å². The average Bonchev–Trinajstić information content (AvgIpc) is 2.17. The Morgan fingerprint density at radius 3 is 2.67 bits per heavy atom. The van der Waals surface area contributed by atoms with Gasteiger partial charge in [-0.15, -0.1) is 10.2 Å². The van der Waals surface area contributed by atoms with E-state index in [-0.39, 0.29) is 5.69 Å². The molecule has 2 aromatic rings. The van der Waals surface area contributed by atoms with Crippen molar-refractivity contribution in [2.75, 3.05) is 5.73 Å². The van der Waals surface area contributed by atoms with Gasteiger partial charge >= 0.3 is 0 Å². The van der Waals surface area contributed by atoms with Crippen LogP contribution in [0.1, 0.15) is 16.8 Å². The normalized spacial score (nSPS) is 10.2. The van der Waals surface area contributed by atoms with Gasteiger partial charge in [0, 0.05) is 5.39 Å². The molecule has 0 saturated heterocycles. The molecule has 2 rings (SSSR count). The molecule has 0 saturated carbocycles. The van der Waals surface area contributed by atoms with Crippen LogP contribution in [0.25, 0.3) is 10.9 Å². The summed E-state index contributed by atoms with van der Waals surface area (Å²) in [6.07, 6.45) is 0. The Kier molecular flexibility index (Phi) is 2.01. The molecule has 0 spiro atoms. The zero-order valence-corrected chi connectivity index (χ0v) is 8.57.